The van der Waals surface area contributed by atoms with Crippen molar-refractivity contribution < 1.29 is 4.74 Å². The fourth-order valence-electron chi connectivity index (χ4n) is 1.79. The minimum atomic E-state index is 0.918. The summed E-state index contributed by atoms with van der Waals surface area (Å²) in [6, 6.07) is 6.24. The molecule has 0 saturated heterocycles. The number of ether oxygens (including phenoxy) is 1. The minimum Gasteiger partial charge on any atom is -0.497 e. The van der Waals surface area contributed by atoms with Crippen LogP contribution in [0.15, 0.2) is 48.6 Å². The Hall–Kier alpha value is -1.76. The van der Waals surface area contributed by atoms with Crippen molar-refractivity contribution in [1.82, 2.24) is 0 Å². The summed E-state index contributed by atoms with van der Waals surface area (Å²) < 4.78 is 5.26. The fraction of sp³-hybridized carbons (Fsp3) is 0.294. The zero-order chi connectivity index (χ0) is 13.5. The Morgan fingerprint density at radius 2 is 2.00 bits per heavy atom. The molecule has 0 aromatic heterocycles. The molecule has 1 aromatic rings. The Morgan fingerprint density at radius 1 is 1.28 bits per heavy atom. The Morgan fingerprint density at radius 3 is 2.56 bits per heavy atom. The van der Waals surface area contributed by atoms with E-state index >= 15 is 0 Å². The molecule has 0 fully saturated rings. The van der Waals surface area contributed by atoms with Crippen molar-refractivity contribution in [2.24, 2.45) is 0 Å². The highest BCUT2D eigenvalue weighted by Gasteiger charge is 2.04. The maximum Gasteiger partial charge on any atom is 0.119 e. The van der Waals surface area contributed by atoms with Crippen molar-refractivity contribution >= 4 is 5.57 Å². The van der Waals surface area contributed by atoms with E-state index in [1.807, 2.05) is 19.1 Å². The molecule has 0 heterocycles. The summed E-state index contributed by atoms with van der Waals surface area (Å²) >= 11 is 0. The lowest BCUT2D eigenvalue weighted by atomic mass is 9.98. The second-order valence-corrected chi connectivity index (χ2v) is 4.34. The van der Waals surface area contributed by atoms with Crippen LogP contribution in [0.2, 0.25) is 0 Å². The van der Waals surface area contributed by atoms with Gasteiger partial charge in [0.25, 0.3) is 0 Å². The van der Waals surface area contributed by atoms with Crippen LogP contribution in [-0.2, 0) is 6.42 Å². The molecule has 1 heteroatoms. The zero-order valence-corrected chi connectivity index (χ0v) is 11.8. The molecule has 18 heavy (non-hydrogen) atoms. The number of rotatable bonds is 5. The molecule has 1 aromatic carbocycles. The van der Waals surface area contributed by atoms with Gasteiger partial charge in [-0.15, -0.1) is 0 Å². The third-order valence-corrected chi connectivity index (χ3v) is 3.04. The van der Waals surface area contributed by atoms with Gasteiger partial charge in [0.1, 0.15) is 5.75 Å². The predicted molar refractivity (Wildman–Crippen MR) is 80.0 cm³/mol. The molecule has 96 valence electrons. The van der Waals surface area contributed by atoms with E-state index < -0.39 is 0 Å². The van der Waals surface area contributed by atoms with E-state index in [1.54, 1.807) is 7.11 Å². The van der Waals surface area contributed by atoms with Gasteiger partial charge in [-0.1, -0.05) is 43.4 Å². The monoisotopic (exact) mass is 242 g/mol. The first-order valence-electron chi connectivity index (χ1n) is 6.27. The number of benzene rings is 1. The summed E-state index contributed by atoms with van der Waals surface area (Å²) in [4.78, 5) is 0. The molecule has 0 unspecified atom stereocenters. The largest absolute Gasteiger partial charge is 0.497 e. The lowest BCUT2D eigenvalue weighted by Gasteiger charge is -2.10. The first-order valence-corrected chi connectivity index (χ1v) is 6.27. The van der Waals surface area contributed by atoms with E-state index in [9.17, 15) is 0 Å². The first-order chi connectivity index (χ1) is 8.62. The third-order valence-electron chi connectivity index (χ3n) is 3.04. The molecule has 1 nitrogen and oxygen atoms in total. The Kier molecular flexibility index (Phi) is 5.44. The molecule has 0 atom stereocenters. The molecule has 0 saturated carbocycles. The van der Waals surface area contributed by atoms with Crippen LogP contribution in [-0.4, -0.2) is 7.11 Å². The lowest BCUT2D eigenvalue weighted by molar-refractivity contribution is 0.414. The van der Waals surface area contributed by atoms with Crippen LogP contribution in [0.25, 0.3) is 5.57 Å². The van der Waals surface area contributed by atoms with Gasteiger partial charge in [-0.25, -0.2) is 0 Å². The molecule has 0 aliphatic carbocycles. The van der Waals surface area contributed by atoms with Gasteiger partial charge < -0.3 is 4.74 Å². The molecule has 0 aliphatic heterocycles. The van der Waals surface area contributed by atoms with Crippen molar-refractivity contribution in [2.45, 2.75) is 27.2 Å². The van der Waals surface area contributed by atoms with Crippen LogP contribution in [0.3, 0.4) is 0 Å². The summed E-state index contributed by atoms with van der Waals surface area (Å²) in [5.74, 6) is 0.918. The molecule has 0 amide bonds. The van der Waals surface area contributed by atoms with Gasteiger partial charge in [-0.2, -0.15) is 0 Å². The third kappa shape index (κ3) is 3.63. The maximum absolute atomic E-state index is 5.26. The Balaban J connectivity index is 3.12. The van der Waals surface area contributed by atoms with E-state index in [4.69, 9.17) is 4.74 Å². The Labute approximate surface area is 110 Å². The van der Waals surface area contributed by atoms with Crippen molar-refractivity contribution in [3.63, 3.8) is 0 Å². The van der Waals surface area contributed by atoms with Crippen molar-refractivity contribution in [2.75, 3.05) is 7.11 Å². The van der Waals surface area contributed by atoms with Gasteiger partial charge in [0.15, 0.2) is 0 Å². The van der Waals surface area contributed by atoms with E-state index in [0.717, 1.165) is 12.2 Å². The van der Waals surface area contributed by atoms with Crippen molar-refractivity contribution in [1.29, 1.82) is 0 Å². The number of allylic oxidation sites excluding steroid dienone is 5. The average Bonchev–Trinajstić information content (AvgIpc) is 2.43. The summed E-state index contributed by atoms with van der Waals surface area (Å²) in [5.41, 5.74) is 5.02. The zero-order valence-electron chi connectivity index (χ0n) is 11.8. The van der Waals surface area contributed by atoms with Crippen LogP contribution in [0.1, 0.15) is 31.9 Å². The second-order valence-electron chi connectivity index (χ2n) is 4.34. The highest BCUT2D eigenvalue weighted by molar-refractivity contribution is 5.69. The van der Waals surface area contributed by atoms with Gasteiger partial charge in [-0.3, -0.25) is 0 Å². The van der Waals surface area contributed by atoms with Crippen LogP contribution < -0.4 is 4.74 Å². The van der Waals surface area contributed by atoms with Crippen LogP contribution in [0, 0.1) is 0 Å². The highest BCUT2D eigenvalue weighted by Crippen LogP contribution is 2.24. The quantitative estimate of drug-likeness (QED) is 0.674. The number of hydrogen-bond acceptors (Lipinski definition) is 1. The van der Waals surface area contributed by atoms with E-state index in [-0.39, 0.29) is 0 Å². The maximum atomic E-state index is 5.26. The standard InChI is InChI=1S/C17H22O/c1-6-13(3)8-9-14(4)17-11-10-16(18-5)12-15(17)7-2/h6,8-12H,1,7H2,2-5H3/b13-8-,14-9+. The van der Waals surface area contributed by atoms with E-state index in [2.05, 4.69) is 44.7 Å². The SMILES string of the molecule is C=C/C(C)=C\C=C(/C)c1ccc(OC)cc1CC. The summed E-state index contributed by atoms with van der Waals surface area (Å²) in [5, 5.41) is 0. The minimum absolute atomic E-state index is 0.918. The van der Waals surface area contributed by atoms with Crippen molar-refractivity contribution in [3.05, 3.63) is 59.7 Å². The summed E-state index contributed by atoms with van der Waals surface area (Å²) in [7, 11) is 1.70. The fourth-order valence-corrected chi connectivity index (χ4v) is 1.79. The Bertz CT molecular complexity index is 478. The predicted octanol–water partition coefficient (Wildman–Crippen LogP) is 4.79. The van der Waals surface area contributed by atoms with Crippen LogP contribution >= 0.6 is 0 Å². The number of methoxy groups -OCH3 is 1. The lowest BCUT2D eigenvalue weighted by Crippen LogP contribution is -1.92. The molecular weight excluding hydrogens is 220 g/mol. The molecule has 0 aliphatic rings. The topological polar surface area (TPSA) is 9.23 Å². The van der Waals surface area contributed by atoms with Gasteiger partial charge in [-0.05, 0) is 49.1 Å². The van der Waals surface area contributed by atoms with Gasteiger partial charge in [0.05, 0.1) is 7.11 Å². The second kappa shape index (κ2) is 6.85. The molecule has 1 rings (SSSR count). The highest BCUT2D eigenvalue weighted by atomic mass is 16.5. The van der Waals surface area contributed by atoms with E-state index in [0.29, 0.717) is 0 Å². The normalized spacial score (nSPS) is 12.4. The van der Waals surface area contributed by atoms with Crippen molar-refractivity contribution in [3.8, 4) is 5.75 Å². The van der Waals surface area contributed by atoms with Gasteiger partial charge in [0, 0.05) is 0 Å². The average molecular weight is 242 g/mol. The van der Waals surface area contributed by atoms with Gasteiger partial charge in [0.2, 0.25) is 0 Å². The summed E-state index contributed by atoms with van der Waals surface area (Å²) in [6.07, 6.45) is 7.09. The molecule has 0 bridgehead atoms. The first kappa shape index (κ1) is 14.3. The number of hydrogen-bond donors (Lipinski definition) is 0. The molecular formula is C17H22O. The molecule has 0 radical (unpaired) electrons. The summed E-state index contributed by atoms with van der Waals surface area (Å²) in [6.45, 7) is 10.1. The molecule has 0 spiro atoms. The smallest absolute Gasteiger partial charge is 0.119 e. The van der Waals surface area contributed by atoms with Gasteiger partial charge >= 0.3 is 0 Å². The van der Waals surface area contributed by atoms with Crippen LogP contribution in [0.5, 0.6) is 5.75 Å². The molecule has 0 N–H and O–H groups in total. The number of aryl methyl sites for hydroxylation is 1. The van der Waals surface area contributed by atoms with Crippen LogP contribution in [0.4, 0.5) is 0 Å². The van der Waals surface area contributed by atoms with E-state index in [1.165, 1.54) is 22.3 Å².